The first kappa shape index (κ1) is 16.4. The first-order valence-corrected chi connectivity index (χ1v) is 6.38. The Kier molecular flexibility index (Phi) is 6.13. The van der Waals surface area contributed by atoms with Gasteiger partial charge in [0.25, 0.3) is 0 Å². The van der Waals surface area contributed by atoms with Crippen molar-refractivity contribution < 1.29 is 24.6 Å². The second-order valence-electron chi connectivity index (χ2n) is 4.58. The largest absolute Gasteiger partial charge is 0.481 e. The summed E-state index contributed by atoms with van der Waals surface area (Å²) in [5, 5.41) is 19.7. The molecule has 6 heteroatoms. The minimum absolute atomic E-state index is 0.158. The van der Waals surface area contributed by atoms with E-state index in [0.717, 1.165) is 11.1 Å². The molecule has 0 saturated heterocycles. The highest BCUT2D eigenvalue weighted by Gasteiger charge is 2.19. The van der Waals surface area contributed by atoms with Crippen molar-refractivity contribution in [2.24, 2.45) is 0 Å². The van der Waals surface area contributed by atoms with Gasteiger partial charge in [-0.05, 0) is 25.0 Å². The molecule has 6 nitrogen and oxygen atoms in total. The minimum atomic E-state index is -1.26. The Morgan fingerprint density at radius 1 is 1.29 bits per heavy atom. The zero-order chi connectivity index (χ0) is 15.8. The van der Waals surface area contributed by atoms with E-state index in [1.165, 1.54) is 6.08 Å². The summed E-state index contributed by atoms with van der Waals surface area (Å²) in [4.78, 5) is 33.0. The number of hydrogen-bond donors (Lipinski definition) is 3. The van der Waals surface area contributed by atoms with Crippen molar-refractivity contribution in [3.63, 3.8) is 0 Å². The SMILES string of the molecule is Cc1cccc(/C=C/C(=O)N[C@@H](CCC(=O)O)C(=O)O)c1. The van der Waals surface area contributed by atoms with Crippen LogP contribution in [0.1, 0.15) is 24.0 Å². The molecule has 0 aromatic heterocycles. The van der Waals surface area contributed by atoms with E-state index in [9.17, 15) is 14.4 Å². The van der Waals surface area contributed by atoms with Crippen LogP contribution in [0.3, 0.4) is 0 Å². The van der Waals surface area contributed by atoms with Gasteiger partial charge in [0.15, 0.2) is 0 Å². The molecule has 0 aliphatic rings. The van der Waals surface area contributed by atoms with Gasteiger partial charge < -0.3 is 15.5 Å². The zero-order valence-corrected chi connectivity index (χ0v) is 11.6. The summed E-state index contributed by atoms with van der Waals surface area (Å²) in [6, 6.07) is 6.25. The van der Waals surface area contributed by atoms with Gasteiger partial charge in [-0.3, -0.25) is 9.59 Å². The standard InChI is InChI=1S/C15H17NO5/c1-10-3-2-4-11(9-10)5-7-13(17)16-12(15(20)21)6-8-14(18)19/h2-5,7,9,12H,6,8H2,1H3,(H,16,17)(H,18,19)(H,20,21)/b7-5+/t12-/m0/s1. The van der Waals surface area contributed by atoms with Gasteiger partial charge in [-0.15, -0.1) is 0 Å². The molecule has 1 amide bonds. The van der Waals surface area contributed by atoms with E-state index in [0.29, 0.717) is 0 Å². The predicted molar refractivity (Wildman–Crippen MR) is 76.6 cm³/mol. The second kappa shape index (κ2) is 7.84. The Hall–Kier alpha value is -2.63. The maximum Gasteiger partial charge on any atom is 0.326 e. The number of aliphatic carboxylic acids is 2. The monoisotopic (exact) mass is 291 g/mol. The van der Waals surface area contributed by atoms with Crippen LogP contribution in [-0.4, -0.2) is 34.1 Å². The third-order valence-electron chi connectivity index (χ3n) is 2.73. The van der Waals surface area contributed by atoms with Crippen LogP contribution in [0.2, 0.25) is 0 Å². The number of amides is 1. The number of carbonyl (C=O) groups is 3. The minimum Gasteiger partial charge on any atom is -0.481 e. The Labute approximate surface area is 122 Å². The molecule has 3 N–H and O–H groups in total. The summed E-state index contributed by atoms with van der Waals surface area (Å²) in [7, 11) is 0. The molecule has 1 aromatic carbocycles. The topological polar surface area (TPSA) is 104 Å². The normalized spacial score (nSPS) is 12.0. The average Bonchev–Trinajstić information content (AvgIpc) is 2.40. The lowest BCUT2D eigenvalue weighted by Crippen LogP contribution is -2.40. The molecule has 0 radical (unpaired) electrons. The highest BCUT2D eigenvalue weighted by atomic mass is 16.4. The number of carboxylic acid groups (broad SMARTS) is 2. The van der Waals surface area contributed by atoms with Crippen molar-refractivity contribution >= 4 is 23.9 Å². The summed E-state index contributed by atoms with van der Waals surface area (Å²) in [5.41, 5.74) is 1.87. The van der Waals surface area contributed by atoms with Crippen molar-refractivity contribution in [1.29, 1.82) is 0 Å². The summed E-state index contributed by atoms with van der Waals surface area (Å²) in [6.07, 6.45) is 2.32. The number of nitrogens with one attached hydrogen (secondary N) is 1. The predicted octanol–water partition coefficient (Wildman–Crippen LogP) is 1.44. The Balaban J connectivity index is 2.61. The van der Waals surface area contributed by atoms with Gasteiger partial charge in [-0.25, -0.2) is 4.79 Å². The fourth-order valence-electron chi connectivity index (χ4n) is 1.69. The number of rotatable bonds is 7. The number of carbonyl (C=O) groups excluding carboxylic acids is 1. The number of benzene rings is 1. The first-order valence-electron chi connectivity index (χ1n) is 6.38. The molecule has 0 aliphatic carbocycles. The van der Waals surface area contributed by atoms with Crippen LogP contribution in [0.5, 0.6) is 0 Å². The van der Waals surface area contributed by atoms with Crippen LogP contribution in [0.15, 0.2) is 30.3 Å². The average molecular weight is 291 g/mol. The van der Waals surface area contributed by atoms with Gasteiger partial charge in [0.1, 0.15) is 6.04 Å². The van der Waals surface area contributed by atoms with E-state index in [1.54, 1.807) is 6.08 Å². The van der Waals surface area contributed by atoms with Crippen LogP contribution in [0, 0.1) is 6.92 Å². The fraction of sp³-hybridized carbons (Fsp3) is 0.267. The van der Waals surface area contributed by atoms with Crippen molar-refractivity contribution in [1.82, 2.24) is 5.32 Å². The quantitative estimate of drug-likeness (QED) is 0.659. The van der Waals surface area contributed by atoms with Crippen molar-refractivity contribution in [2.45, 2.75) is 25.8 Å². The molecule has 0 unspecified atom stereocenters. The van der Waals surface area contributed by atoms with E-state index < -0.39 is 23.9 Å². The van der Waals surface area contributed by atoms with E-state index in [-0.39, 0.29) is 12.8 Å². The number of hydrogen-bond acceptors (Lipinski definition) is 3. The molecule has 1 rings (SSSR count). The Morgan fingerprint density at radius 2 is 2.00 bits per heavy atom. The molecule has 21 heavy (non-hydrogen) atoms. The highest BCUT2D eigenvalue weighted by molar-refractivity contribution is 5.94. The van der Waals surface area contributed by atoms with Gasteiger partial charge >= 0.3 is 11.9 Å². The van der Waals surface area contributed by atoms with Gasteiger partial charge in [0, 0.05) is 12.5 Å². The summed E-state index contributed by atoms with van der Waals surface area (Å²) < 4.78 is 0. The third-order valence-corrected chi connectivity index (χ3v) is 2.73. The lowest BCUT2D eigenvalue weighted by molar-refractivity contribution is -0.142. The second-order valence-corrected chi connectivity index (χ2v) is 4.58. The first-order chi connectivity index (χ1) is 9.88. The van der Waals surface area contributed by atoms with Crippen LogP contribution in [0.25, 0.3) is 6.08 Å². The molecule has 0 fully saturated rings. The summed E-state index contributed by atoms with van der Waals surface area (Å²) in [5.74, 6) is -2.94. The zero-order valence-electron chi connectivity index (χ0n) is 11.6. The number of aryl methyl sites for hydroxylation is 1. The molecule has 112 valence electrons. The summed E-state index contributed by atoms with van der Waals surface area (Å²) in [6.45, 7) is 1.92. The maximum atomic E-state index is 11.7. The number of carboxylic acids is 2. The van der Waals surface area contributed by atoms with Crippen molar-refractivity contribution in [2.75, 3.05) is 0 Å². The molecule has 1 aromatic rings. The van der Waals surface area contributed by atoms with Crippen LogP contribution >= 0.6 is 0 Å². The van der Waals surface area contributed by atoms with Crippen molar-refractivity contribution in [3.05, 3.63) is 41.5 Å². The summed E-state index contributed by atoms with van der Waals surface area (Å²) >= 11 is 0. The lowest BCUT2D eigenvalue weighted by Gasteiger charge is -2.11. The van der Waals surface area contributed by atoms with E-state index >= 15 is 0 Å². The Bertz CT molecular complexity index is 565. The molecule has 0 aliphatic heterocycles. The molecular formula is C15H17NO5. The van der Waals surface area contributed by atoms with E-state index in [2.05, 4.69) is 5.32 Å². The van der Waals surface area contributed by atoms with Gasteiger partial charge in [0.2, 0.25) is 5.91 Å². The molecular weight excluding hydrogens is 274 g/mol. The molecule has 0 heterocycles. The van der Waals surface area contributed by atoms with Gasteiger partial charge in [-0.1, -0.05) is 29.8 Å². The van der Waals surface area contributed by atoms with Gasteiger partial charge in [-0.2, -0.15) is 0 Å². The smallest absolute Gasteiger partial charge is 0.326 e. The third kappa shape index (κ3) is 6.38. The van der Waals surface area contributed by atoms with Crippen LogP contribution in [-0.2, 0) is 14.4 Å². The van der Waals surface area contributed by atoms with E-state index in [1.807, 2.05) is 31.2 Å². The lowest BCUT2D eigenvalue weighted by atomic mass is 10.1. The molecule has 0 saturated carbocycles. The van der Waals surface area contributed by atoms with Crippen LogP contribution < -0.4 is 5.32 Å². The Morgan fingerprint density at radius 3 is 2.57 bits per heavy atom. The maximum absolute atomic E-state index is 11.7. The molecule has 0 spiro atoms. The van der Waals surface area contributed by atoms with Crippen molar-refractivity contribution in [3.8, 4) is 0 Å². The molecule has 0 bridgehead atoms. The molecule has 1 atom stereocenters. The van der Waals surface area contributed by atoms with Crippen LogP contribution in [0.4, 0.5) is 0 Å². The van der Waals surface area contributed by atoms with E-state index in [4.69, 9.17) is 10.2 Å². The van der Waals surface area contributed by atoms with Gasteiger partial charge in [0.05, 0.1) is 0 Å². The highest BCUT2D eigenvalue weighted by Crippen LogP contribution is 2.06. The fourth-order valence-corrected chi connectivity index (χ4v) is 1.69.